The molecule has 0 saturated heterocycles. The van der Waals surface area contributed by atoms with Crippen molar-refractivity contribution >= 4 is 21.6 Å². The number of sulfonamides is 1. The van der Waals surface area contributed by atoms with Gasteiger partial charge in [-0.05, 0) is 37.3 Å². The van der Waals surface area contributed by atoms with Crippen molar-refractivity contribution < 1.29 is 22.7 Å². The monoisotopic (exact) mass is 442 g/mol. The van der Waals surface area contributed by atoms with E-state index in [1.54, 1.807) is 30.5 Å². The van der Waals surface area contributed by atoms with Crippen LogP contribution in [0.15, 0.2) is 59.6 Å². The number of H-pyrrole nitrogens is 1. The van der Waals surface area contributed by atoms with Crippen molar-refractivity contribution in [2.24, 2.45) is 0 Å². The molecule has 0 unspecified atom stereocenters. The predicted molar refractivity (Wildman–Crippen MR) is 114 cm³/mol. The number of carbonyl (C=O) groups is 1. The maximum absolute atomic E-state index is 12.8. The summed E-state index contributed by atoms with van der Waals surface area (Å²) in [6.07, 6.45) is 2.35. The van der Waals surface area contributed by atoms with Gasteiger partial charge in [0.2, 0.25) is 15.9 Å². The van der Waals surface area contributed by atoms with E-state index in [9.17, 15) is 13.2 Å². The van der Waals surface area contributed by atoms with E-state index >= 15 is 0 Å². The molecule has 31 heavy (non-hydrogen) atoms. The molecule has 1 amide bonds. The second-order valence-electron chi connectivity index (χ2n) is 7.04. The first-order valence-corrected chi connectivity index (χ1v) is 11.2. The van der Waals surface area contributed by atoms with Crippen molar-refractivity contribution in [1.29, 1.82) is 0 Å². The lowest BCUT2D eigenvalue weighted by molar-refractivity contribution is -0.117. The largest absolute Gasteiger partial charge is 0.490 e. The van der Waals surface area contributed by atoms with Gasteiger partial charge in [0.15, 0.2) is 11.5 Å². The van der Waals surface area contributed by atoms with Crippen LogP contribution in [0.1, 0.15) is 13.3 Å². The molecule has 1 atom stereocenters. The van der Waals surface area contributed by atoms with Crippen LogP contribution in [-0.4, -0.2) is 43.8 Å². The number of nitrogens with zero attached hydrogens (tertiary/aromatic N) is 1. The minimum Gasteiger partial charge on any atom is -0.490 e. The second-order valence-corrected chi connectivity index (χ2v) is 8.76. The number of rotatable bonds is 6. The highest BCUT2D eigenvalue weighted by Gasteiger charge is 2.24. The zero-order chi connectivity index (χ0) is 21.8. The number of nitrogens with one attached hydrogen (secondary N) is 3. The number of carbonyl (C=O) groups excluding carboxylic acids is 1. The van der Waals surface area contributed by atoms with Crippen LogP contribution in [-0.2, 0) is 14.8 Å². The van der Waals surface area contributed by atoms with E-state index in [2.05, 4.69) is 20.2 Å². The summed E-state index contributed by atoms with van der Waals surface area (Å²) in [4.78, 5) is 12.6. The number of benzene rings is 2. The van der Waals surface area contributed by atoms with E-state index in [1.165, 1.54) is 19.1 Å². The topological polar surface area (TPSA) is 122 Å². The van der Waals surface area contributed by atoms with E-state index in [0.29, 0.717) is 36.8 Å². The summed E-state index contributed by atoms with van der Waals surface area (Å²) in [7, 11) is -3.95. The van der Waals surface area contributed by atoms with Gasteiger partial charge in [-0.15, -0.1) is 0 Å². The molecule has 2 aromatic carbocycles. The molecule has 3 N–H and O–H groups in total. The van der Waals surface area contributed by atoms with Gasteiger partial charge < -0.3 is 14.8 Å². The zero-order valence-electron chi connectivity index (χ0n) is 16.8. The van der Waals surface area contributed by atoms with Crippen LogP contribution in [0.3, 0.4) is 0 Å². The van der Waals surface area contributed by atoms with E-state index in [-0.39, 0.29) is 4.90 Å². The van der Waals surface area contributed by atoms with Crippen molar-refractivity contribution in [2.45, 2.75) is 24.3 Å². The molecule has 1 aliphatic rings. The number of aromatic amines is 1. The van der Waals surface area contributed by atoms with Gasteiger partial charge in [0, 0.05) is 29.9 Å². The summed E-state index contributed by atoms with van der Waals surface area (Å²) in [6, 6.07) is 12.4. The van der Waals surface area contributed by atoms with Crippen LogP contribution < -0.4 is 19.5 Å². The lowest BCUT2D eigenvalue weighted by atomic mass is 10.1. The molecule has 0 saturated carbocycles. The minimum atomic E-state index is -3.95. The molecule has 1 aliphatic heterocycles. The fourth-order valence-electron chi connectivity index (χ4n) is 3.10. The molecule has 0 bridgehead atoms. The summed E-state index contributed by atoms with van der Waals surface area (Å²) in [5.41, 5.74) is 2.19. The lowest BCUT2D eigenvalue weighted by Crippen LogP contribution is -2.41. The van der Waals surface area contributed by atoms with Crippen LogP contribution in [0.25, 0.3) is 11.3 Å². The van der Waals surface area contributed by atoms with Gasteiger partial charge >= 0.3 is 0 Å². The Morgan fingerprint density at radius 3 is 2.68 bits per heavy atom. The molecule has 4 rings (SSSR count). The summed E-state index contributed by atoms with van der Waals surface area (Å²) < 4.78 is 39.1. The molecule has 2 heterocycles. The Morgan fingerprint density at radius 1 is 1.10 bits per heavy atom. The first kappa shape index (κ1) is 20.9. The normalized spacial score (nSPS) is 14.5. The van der Waals surface area contributed by atoms with Crippen molar-refractivity contribution in [1.82, 2.24) is 14.9 Å². The Hall–Kier alpha value is -3.37. The molecular weight excluding hydrogens is 420 g/mol. The van der Waals surface area contributed by atoms with Gasteiger partial charge in [-0.3, -0.25) is 9.89 Å². The van der Waals surface area contributed by atoms with E-state index < -0.39 is 22.0 Å². The molecular formula is C21H22N4O5S. The second kappa shape index (κ2) is 8.78. The third-order valence-corrected chi connectivity index (χ3v) is 6.23. The first-order chi connectivity index (χ1) is 14.9. The number of aromatic nitrogens is 2. The van der Waals surface area contributed by atoms with Crippen LogP contribution in [0.2, 0.25) is 0 Å². The molecule has 0 aliphatic carbocycles. The molecule has 0 fully saturated rings. The number of ether oxygens (including phenoxy) is 2. The molecule has 10 heteroatoms. The molecule has 0 spiro atoms. The maximum atomic E-state index is 12.8. The average Bonchev–Trinajstić information content (AvgIpc) is 3.19. The molecule has 9 nitrogen and oxygen atoms in total. The number of amides is 1. The van der Waals surface area contributed by atoms with Gasteiger partial charge in [-0.1, -0.05) is 12.1 Å². The number of hydrogen-bond acceptors (Lipinski definition) is 6. The maximum Gasteiger partial charge on any atom is 0.242 e. The fraction of sp³-hybridized carbons (Fsp3) is 0.238. The number of hydrogen-bond donors (Lipinski definition) is 3. The summed E-state index contributed by atoms with van der Waals surface area (Å²) >= 11 is 0. The minimum absolute atomic E-state index is 0.00218. The van der Waals surface area contributed by atoms with Crippen LogP contribution in [0, 0.1) is 0 Å². The highest BCUT2D eigenvalue weighted by atomic mass is 32.2. The fourth-order valence-corrected chi connectivity index (χ4v) is 4.31. The Bertz CT molecular complexity index is 1180. The van der Waals surface area contributed by atoms with Crippen molar-refractivity contribution in [3.63, 3.8) is 0 Å². The summed E-state index contributed by atoms with van der Waals surface area (Å²) in [6.45, 7) is 2.44. The lowest BCUT2D eigenvalue weighted by Gasteiger charge is -2.16. The highest BCUT2D eigenvalue weighted by molar-refractivity contribution is 7.89. The van der Waals surface area contributed by atoms with Gasteiger partial charge in [0.05, 0.1) is 29.8 Å². The Balaban J connectivity index is 1.45. The van der Waals surface area contributed by atoms with Crippen LogP contribution >= 0.6 is 0 Å². The summed E-state index contributed by atoms with van der Waals surface area (Å²) in [5, 5.41) is 9.50. The van der Waals surface area contributed by atoms with E-state index in [4.69, 9.17) is 9.47 Å². The van der Waals surface area contributed by atoms with Crippen molar-refractivity contribution in [3.8, 4) is 22.8 Å². The van der Waals surface area contributed by atoms with Crippen LogP contribution in [0.5, 0.6) is 11.5 Å². The van der Waals surface area contributed by atoms with Gasteiger partial charge in [0.1, 0.15) is 0 Å². The smallest absolute Gasteiger partial charge is 0.242 e. The third-order valence-electron chi connectivity index (χ3n) is 4.70. The molecule has 1 aromatic heterocycles. The molecule has 0 radical (unpaired) electrons. The number of anilines is 1. The SMILES string of the molecule is C[C@H](NS(=O)(=O)c1ccc2c(c1)OCCCO2)C(=O)Nc1cccc(-c2ccn[nH]2)c1. The molecule has 162 valence electrons. The van der Waals surface area contributed by atoms with Gasteiger partial charge in [0.25, 0.3) is 0 Å². The van der Waals surface area contributed by atoms with Gasteiger partial charge in [-0.2, -0.15) is 9.82 Å². The van der Waals surface area contributed by atoms with Crippen molar-refractivity contribution in [3.05, 3.63) is 54.7 Å². The predicted octanol–water partition coefficient (Wildman–Crippen LogP) is 2.54. The summed E-state index contributed by atoms with van der Waals surface area (Å²) in [5.74, 6) is 0.382. The van der Waals surface area contributed by atoms with Crippen LogP contribution in [0.4, 0.5) is 5.69 Å². The Labute approximate surface area is 179 Å². The Kier molecular flexibility index (Phi) is 5.92. The van der Waals surface area contributed by atoms with Gasteiger partial charge in [-0.25, -0.2) is 8.42 Å². The number of fused-ring (bicyclic) bond motifs is 1. The standard InChI is InChI=1S/C21H22N4O5S/c1-14(21(26)23-16-5-2-4-15(12-16)18-8-9-22-24-18)25-31(27,28)17-6-7-19-20(13-17)30-11-3-10-29-19/h2,4-9,12-14,25H,3,10-11H2,1H3,(H,22,24)(H,23,26)/t14-/m0/s1. The Morgan fingerprint density at radius 2 is 1.90 bits per heavy atom. The highest BCUT2D eigenvalue weighted by Crippen LogP contribution is 2.32. The van der Waals surface area contributed by atoms with E-state index in [0.717, 1.165) is 11.3 Å². The first-order valence-electron chi connectivity index (χ1n) is 9.75. The molecule has 3 aromatic rings. The average molecular weight is 442 g/mol. The quantitative estimate of drug-likeness (QED) is 0.539. The van der Waals surface area contributed by atoms with E-state index in [1.807, 2.05) is 12.1 Å². The van der Waals surface area contributed by atoms with Crippen molar-refractivity contribution in [2.75, 3.05) is 18.5 Å². The third kappa shape index (κ3) is 4.86. The zero-order valence-corrected chi connectivity index (χ0v) is 17.6.